The molecule has 35 heavy (non-hydrogen) atoms. The molecule has 0 spiro atoms. The monoisotopic (exact) mass is 470 g/mol. The van der Waals surface area contributed by atoms with Crippen molar-refractivity contribution >= 4 is 16.8 Å². The number of carbonyl (C=O) groups is 1. The molecule has 3 aromatic carbocycles. The third kappa shape index (κ3) is 4.84. The number of ether oxygens (including phenoxy) is 3. The number of amides is 1. The number of rotatable bonds is 7. The van der Waals surface area contributed by atoms with Crippen molar-refractivity contribution in [2.24, 2.45) is 0 Å². The Morgan fingerprint density at radius 1 is 1.03 bits per heavy atom. The second-order valence-electron chi connectivity index (χ2n) is 8.61. The Labute approximate surface area is 202 Å². The molecular weight excluding hydrogens is 444 g/mol. The highest BCUT2D eigenvalue weighted by Gasteiger charge is 2.20. The fraction of sp³-hybridized carbons (Fsp3) is 0.214. The zero-order valence-electron chi connectivity index (χ0n) is 19.7. The Morgan fingerprint density at radius 3 is 2.54 bits per heavy atom. The quantitative estimate of drug-likeness (QED) is 0.431. The van der Waals surface area contributed by atoms with E-state index in [0.29, 0.717) is 46.9 Å². The molecule has 1 aromatic heterocycles. The van der Waals surface area contributed by atoms with E-state index in [0.717, 1.165) is 10.9 Å². The molecular formula is C28H26N2O5. The summed E-state index contributed by atoms with van der Waals surface area (Å²) in [4.78, 5) is 31.1. The number of hydrogen-bond donors (Lipinski definition) is 1. The standard InChI is InChI=1S/C28H26N2O5/c1-18-4-3-5-19(12-18)10-11-30(28(32)20-6-8-23(33-2)9-7-20)16-22-13-21-14-25-26(35-17-34-25)15-24(21)29-27(22)31/h3-9,12-15H,10-11,16-17H2,1-2H3,(H,29,31). The summed E-state index contributed by atoms with van der Waals surface area (Å²) < 4.78 is 16.1. The van der Waals surface area contributed by atoms with Crippen LogP contribution >= 0.6 is 0 Å². The third-order valence-corrected chi connectivity index (χ3v) is 6.15. The van der Waals surface area contributed by atoms with Crippen molar-refractivity contribution < 1.29 is 19.0 Å². The normalized spacial score (nSPS) is 12.1. The lowest BCUT2D eigenvalue weighted by Gasteiger charge is -2.23. The van der Waals surface area contributed by atoms with Crippen molar-refractivity contribution in [3.63, 3.8) is 0 Å². The number of nitrogens with zero attached hydrogens (tertiary/aromatic N) is 1. The first-order valence-corrected chi connectivity index (χ1v) is 11.4. The molecule has 0 saturated carbocycles. The van der Waals surface area contributed by atoms with Gasteiger partial charge in [-0.15, -0.1) is 0 Å². The topological polar surface area (TPSA) is 80.9 Å². The smallest absolute Gasteiger partial charge is 0.254 e. The van der Waals surface area contributed by atoms with Crippen LogP contribution in [0, 0.1) is 6.92 Å². The number of H-pyrrole nitrogens is 1. The zero-order valence-corrected chi connectivity index (χ0v) is 19.7. The predicted molar refractivity (Wildman–Crippen MR) is 133 cm³/mol. The van der Waals surface area contributed by atoms with Gasteiger partial charge in [-0.25, -0.2) is 0 Å². The van der Waals surface area contributed by atoms with E-state index in [-0.39, 0.29) is 24.8 Å². The SMILES string of the molecule is COc1ccc(C(=O)N(CCc2cccc(C)c2)Cc2cc3cc4c(cc3[nH]c2=O)OCO4)cc1. The first kappa shape index (κ1) is 22.5. The average molecular weight is 471 g/mol. The predicted octanol–water partition coefficient (Wildman–Crippen LogP) is 4.46. The molecule has 0 atom stereocenters. The Balaban J connectivity index is 1.46. The number of hydrogen-bond acceptors (Lipinski definition) is 5. The average Bonchev–Trinajstić information content (AvgIpc) is 3.32. The lowest BCUT2D eigenvalue weighted by molar-refractivity contribution is 0.0744. The van der Waals surface area contributed by atoms with Gasteiger partial charge in [0.25, 0.3) is 11.5 Å². The molecule has 5 rings (SSSR count). The highest BCUT2D eigenvalue weighted by molar-refractivity contribution is 5.94. The lowest BCUT2D eigenvalue weighted by Crippen LogP contribution is -2.34. The van der Waals surface area contributed by atoms with Gasteiger partial charge in [-0.3, -0.25) is 9.59 Å². The molecule has 7 heteroatoms. The Kier molecular flexibility index (Phi) is 6.14. The van der Waals surface area contributed by atoms with Gasteiger partial charge in [0.15, 0.2) is 11.5 Å². The van der Waals surface area contributed by atoms with Crippen LogP contribution in [-0.2, 0) is 13.0 Å². The first-order valence-electron chi connectivity index (χ1n) is 11.4. The maximum absolute atomic E-state index is 13.5. The highest BCUT2D eigenvalue weighted by Crippen LogP contribution is 2.35. The van der Waals surface area contributed by atoms with Gasteiger partial charge >= 0.3 is 0 Å². The van der Waals surface area contributed by atoms with Gasteiger partial charge < -0.3 is 24.1 Å². The number of carbonyl (C=O) groups excluding carboxylic acids is 1. The minimum Gasteiger partial charge on any atom is -0.497 e. The summed E-state index contributed by atoms with van der Waals surface area (Å²) >= 11 is 0. The van der Waals surface area contributed by atoms with Crippen molar-refractivity contribution in [3.8, 4) is 17.2 Å². The number of pyridine rings is 1. The minimum atomic E-state index is -0.237. The summed E-state index contributed by atoms with van der Waals surface area (Å²) in [6.45, 7) is 2.85. The number of aromatic nitrogens is 1. The number of fused-ring (bicyclic) bond motifs is 2. The van der Waals surface area contributed by atoms with Gasteiger partial charge in [0.2, 0.25) is 6.79 Å². The van der Waals surface area contributed by atoms with Crippen molar-refractivity contribution in [2.45, 2.75) is 19.9 Å². The van der Waals surface area contributed by atoms with Gasteiger partial charge in [0.1, 0.15) is 5.75 Å². The first-order chi connectivity index (χ1) is 17.0. The van der Waals surface area contributed by atoms with E-state index >= 15 is 0 Å². The molecule has 1 amide bonds. The van der Waals surface area contributed by atoms with Crippen LogP contribution in [0.25, 0.3) is 10.9 Å². The van der Waals surface area contributed by atoms with Gasteiger partial charge in [-0.1, -0.05) is 29.8 Å². The Morgan fingerprint density at radius 2 is 1.80 bits per heavy atom. The van der Waals surface area contributed by atoms with E-state index < -0.39 is 0 Å². The van der Waals surface area contributed by atoms with Gasteiger partial charge in [-0.05, 0) is 55.3 Å². The lowest BCUT2D eigenvalue weighted by atomic mass is 10.1. The van der Waals surface area contributed by atoms with E-state index in [2.05, 4.69) is 17.1 Å². The summed E-state index contributed by atoms with van der Waals surface area (Å²) in [6.07, 6.45) is 0.674. The number of nitrogens with one attached hydrogen (secondary N) is 1. The van der Waals surface area contributed by atoms with Crippen LogP contribution < -0.4 is 19.8 Å². The molecule has 1 aliphatic heterocycles. The van der Waals surface area contributed by atoms with Crippen LogP contribution in [0.3, 0.4) is 0 Å². The van der Waals surface area contributed by atoms with E-state index in [9.17, 15) is 9.59 Å². The van der Waals surface area contributed by atoms with Crippen LogP contribution in [-0.4, -0.2) is 36.2 Å². The van der Waals surface area contributed by atoms with Crippen LogP contribution in [0.2, 0.25) is 0 Å². The van der Waals surface area contributed by atoms with Crippen molar-refractivity contribution in [1.29, 1.82) is 0 Å². The van der Waals surface area contributed by atoms with Crippen LogP contribution in [0.15, 0.2) is 71.5 Å². The molecule has 0 unspecified atom stereocenters. The van der Waals surface area contributed by atoms with E-state index in [4.69, 9.17) is 14.2 Å². The summed E-state index contributed by atoms with van der Waals surface area (Å²) in [6, 6.07) is 20.7. The van der Waals surface area contributed by atoms with Gasteiger partial charge in [0, 0.05) is 29.1 Å². The second-order valence-corrected chi connectivity index (χ2v) is 8.61. The molecule has 0 saturated heterocycles. The van der Waals surface area contributed by atoms with Crippen LogP contribution in [0.5, 0.6) is 17.2 Å². The van der Waals surface area contributed by atoms with E-state index in [1.807, 2.05) is 31.2 Å². The summed E-state index contributed by atoms with van der Waals surface area (Å²) in [5.41, 5.74) is 3.77. The Bertz CT molecular complexity index is 1440. The number of aryl methyl sites for hydroxylation is 1. The van der Waals surface area contributed by atoms with Crippen molar-refractivity contribution in [1.82, 2.24) is 9.88 Å². The Hall–Kier alpha value is -4.26. The summed E-state index contributed by atoms with van der Waals surface area (Å²) in [5, 5.41) is 0.819. The molecule has 0 radical (unpaired) electrons. The number of methoxy groups -OCH3 is 1. The fourth-order valence-electron chi connectivity index (χ4n) is 4.26. The maximum Gasteiger partial charge on any atom is 0.254 e. The highest BCUT2D eigenvalue weighted by atomic mass is 16.7. The van der Waals surface area contributed by atoms with Crippen molar-refractivity contribution in [3.05, 3.63) is 99.3 Å². The summed E-state index contributed by atoms with van der Waals surface area (Å²) in [7, 11) is 1.59. The molecule has 1 aliphatic rings. The molecule has 0 bridgehead atoms. The van der Waals surface area contributed by atoms with Gasteiger partial charge in [-0.2, -0.15) is 0 Å². The second kappa shape index (κ2) is 9.54. The van der Waals surface area contributed by atoms with E-state index in [1.165, 1.54) is 5.56 Å². The van der Waals surface area contributed by atoms with Crippen LogP contribution in [0.4, 0.5) is 0 Å². The molecule has 1 N–H and O–H groups in total. The third-order valence-electron chi connectivity index (χ3n) is 6.15. The summed E-state index contributed by atoms with van der Waals surface area (Å²) in [5.74, 6) is 1.78. The number of aromatic amines is 1. The van der Waals surface area contributed by atoms with Crippen LogP contribution in [0.1, 0.15) is 27.0 Å². The largest absolute Gasteiger partial charge is 0.497 e. The number of benzene rings is 3. The minimum absolute atomic E-state index is 0.148. The molecule has 2 heterocycles. The van der Waals surface area contributed by atoms with Crippen molar-refractivity contribution in [2.75, 3.05) is 20.4 Å². The molecule has 178 valence electrons. The molecule has 4 aromatic rings. The molecule has 0 fully saturated rings. The van der Waals surface area contributed by atoms with E-state index in [1.54, 1.807) is 42.3 Å². The van der Waals surface area contributed by atoms with Gasteiger partial charge in [0.05, 0.1) is 19.2 Å². The molecule has 7 nitrogen and oxygen atoms in total. The maximum atomic E-state index is 13.5. The fourth-order valence-corrected chi connectivity index (χ4v) is 4.26. The zero-order chi connectivity index (χ0) is 24.4. The molecule has 0 aliphatic carbocycles.